The van der Waals surface area contributed by atoms with Gasteiger partial charge in [-0.25, -0.2) is 0 Å². The van der Waals surface area contributed by atoms with E-state index in [1.165, 1.54) is 0 Å². The number of hydrogen-bond donors (Lipinski definition) is 1. The number of hydrogen-bond acceptors (Lipinski definition) is 2. The zero-order valence-electron chi connectivity index (χ0n) is 13.9. The van der Waals surface area contributed by atoms with E-state index < -0.39 is 0 Å². The predicted octanol–water partition coefficient (Wildman–Crippen LogP) is 3.42. The lowest BCUT2D eigenvalue weighted by Gasteiger charge is -2.36. The standard InChI is InChI=1S/C18H26N2O/c1-12(2)20-16(19-18(4,5)6)15(13(3)17(20)21)14-10-8-7-9-11-14/h7-12,16,19H,1-6H3. The minimum absolute atomic E-state index is 0.0667. The van der Waals surface area contributed by atoms with E-state index in [0.29, 0.717) is 0 Å². The number of benzene rings is 1. The van der Waals surface area contributed by atoms with Gasteiger partial charge in [-0.2, -0.15) is 0 Å². The summed E-state index contributed by atoms with van der Waals surface area (Å²) < 4.78 is 0. The Morgan fingerprint density at radius 3 is 2.19 bits per heavy atom. The normalized spacial score (nSPS) is 19.9. The van der Waals surface area contributed by atoms with E-state index >= 15 is 0 Å². The van der Waals surface area contributed by atoms with E-state index in [2.05, 4.69) is 52.1 Å². The number of carbonyl (C=O) groups excluding carboxylic acids is 1. The van der Waals surface area contributed by atoms with Crippen LogP contribution in [0.15, 0.2) is 35.9 Å². The van der Waals surface area contributed by atoms with Gasteiger partial charge in [0.25, 0.3) is 5.91 Å². The monoisotopic (exact) mass is 286 g/mol. The van der Waals surface area contributed by atoms with E-state index in [-0.39, 0.29) is 23.7 Å². The molecule has 3 heteroatoms. The van der Waals surface area contributed by atoms with E-state index in [0.717, 1.165) is 16.7 Å². The van der Waals surface area contributed by atoms with Gasteiger partial charge in [0, 0.05) is 22.7 Å². The van der Waals surface area contributed by atoms with Gasteiger partial charge < -0.3 is 4.90 Å². The van der Waals surface area contributed by atoms with Gasteiger partial charge in [-0.3, -0.25) is 10.1 Å². The van der Waals surface area contributed by atoms with Gasteiger partial charge in [-0.15, -0.1) is 0 Å². The number of rotatable bonds is 3. The Balaban J connectivity index is 2.50. The molecule has 0 saturated heterocycles. The van der Waals surface area contributed by atoms with E-state index in [9.17, 15) is 4.79 Å². The third kappa shape index (κ3) is 3.18. The predicted molar refractivity (Wildman–Crippen MR) is 87.7 cm³/mol. The maximum Gasteiger partial charge on any atom is 0.251 e. The van der Waals surface area contributed by atoms with Gasteiger partial charge in [0.1, 0.15) is 6.17 Å². The van der Waals surface area contributed by atoms with Crippen LogP contribution in [0, 0.1) is 0 Å². The van der Waals surface area contributed by atoms with Crippen LogP contribution in [0.2, 0.25) is 0 Å². The Labute approximate surface area is 128 Å². The van der Waals surface area contributed by atoms with Crippen LogP contribution in [0.3, 0.4) is 0 Å². The fraction of sp³-hybridized carbons (Fsp3) is 0.500. The molecule has 1 amide bonds. The van der Waals surface area contributed by atoms with Crippen molar-refractivity contribution in [3.05, 3.63) is 41.5 Å². The molecular formula is C18H26N2O. The van der Waals surface area contributed by atoms with Crippen molar-refractivity contribution in [1.29, 1.82) is 0 Å². The molecule has 1 N–H and O–H groups in total. The fourth-order valence-electron chi connectivity index (χ4n) is 2.85. The Morgan fingerprint density at radius 1 is 1.14 bits per heavy atom. The number of carbonyl (C=O) groups is 1. The highest BCUT2D eigenvalue weighted by Gasteiger charge is 2.40. The molecule has 2 rings (SSSR count). The van der Waals surface area contributed by atoms with Crippen molar-refractivity contribution in [2.24, 2.45) is 0 Å². The number of amides is 1. The largest absolute Gasteiger partial charge is 0.317 e. The summed E-state index contributed by atoms with van der Waals surface area (Å²) in [6.45, 7) is 12.5. The molecule has 1 aromatic rings. The van der Waals surface area contributed by atoms with Gasteiger partial charge in [0.15, 0.2) is 0 Å². The first-order chi connectivity index (χ1) is 9.72. The molecule has 0 saturated carbocycles. The summed E-state index contributed by atoms with van der Waals surface area (Å²) in [5.74, 6) is 0.130. The smallest absolute Gasteiger partial charge is 0.251 e. The summed E-state index contributed by atoms with van der Waals surface area (Å²) in [6, 6.07) is 10.4. The minimum Gasteiger partial charge on any atom is -0.317 e. The van der Waals surface area contributed by atoms with Gasteiger partial charge >= 0.3 is 0 Å². The number of nitrogens with zero attached hydrogens (tertiary/aromatic N) is 1. The highest BCUT2D eigenvalue weighted by molar-refractivity contribution is 6.06. The van der Waals surface area contributed by atoms with Crippen molar-refractivity contribution in [1.82, 2.24) is 10.2 Å². The van der Waals surface area contributed by atoms with Crippen LogP contribution in [0.5, 0.6) is 0 Å². The van der Waals surface area contributed by atoms with Gasteiger partial charge in [0.2, 0.25) is 0 Å². The van der Waals surface area contributed by atoms with Crippen LogP contribution in [-0.4, -0.2) is 28.6 Å². The maximum atomic E-state index is 12.7. The van der Waals surface area contributed by atoms with Crippen molar-refractivity contribution in [3.8, 4) is 0 Å². The van der Waals surface area contributed by atoms with Crippen LogP contribution in [0.1, 0.15) is 47.1 Å². The molecule has 1 unspecified atom stereocenters. The van der Waals surface area contributed by atoms with Gasteiger partial charge in [-0.1, -0.05) is 30.3 Å². The lowest BCUT2D eigenvalue weighted by atomic mass is 9.98. The minimum atomic E-state index is -0.0695. The molecular weight excluding hydrogens is 260 g/mol. The summed E-state index contributed by atoms with van der Waals surface area (Å²) in [7, 11) is 0. The van der Waals surface area contributed by atoms with Crippen molar-refractivity contribution in [2.75, 3.05) is 0 Å². The molecule has 1 heterocycles. The average molecular weight is 286 g/mol. The van der Waals surface area contributed by atoms with Crippen molar-refractivity contribution < 1.29 is 4.79 Å². The van der Waals surface area contributed by atoms with Crippen LogP contribution >= 0.6 is 0 Å². The molecule has 1 aliphatic heterocycles. The summed E-state index contributed by atoms with van der Waals surface area (Å²) in [4.78, 5) is 14.6. The quantitative estimate of drug-likeness (QED) is 0.923. The van der Waals surface area contributed by atoms with E-state index in [1.807, 2.05) is 30.0 Å². The maximum absolute atomic E-state index is 12.7. The molecule has 3 nitrogen and oxygen atoms in total. The zero-order valence-corrected chi connectivity index (χ0v) is 13.9. The average Bonchev–Trinajstić information content (AvgIpc) is 2.60. The summed E-state index contributed by atoms with van der Waals surface area (Å²) in [6.07, 6.45) is -0.0695. The Morgan fingerprint density at radius 2 is 1.71 bits per heavy atom. The van der Waals surface area contributed by atoms with Crippen molar-refractivity contribution in [2.45, 2.75) is 59.3 Å². The molecule has 1 aromatic carbocycles. The van der Waals surface area contributed by atoms with E-state index in [1.54, 1.807) is 0 Å². The van der Waals surface area contributed by atoms with Crippen LogP contribution < -0.4 is 5.32 Å². The molecule has 0 aliphatic carbocycles. The zero-order chi connectivity index (χ0) is 15.8. The van der Waals surface area contributed by atoms with Crippen LogP contribution in [0.4, 0.5) is 0 Å². The first-order valence-corrected chi connectivity index (χ1v) is 7.59. The topological polar surface area (TPSA) is 32.3 Å². The second-order valence-electron chi connectivity index (χ2n) is 7.01. The van der Waals surface area contributed by atoms with Gasteiger partial charge in [-0.05, 0) is 47.1 Å². The highest BCUT2D eigenvalue weighted by atomic mass is 16.2. The highest BCUT2D eigenvalue weighted by Crippen LogP contribution is 2.34. The Bertz CT molecular complexity index is 552. The SMILES string of the molecule is CC1=C(c2ccccc2)C(NC(C)(C)C)N(C(C)C)C1=O. The van der Waals surface area contributed by atoms with E-state index in [4.69, 9.17) is 0 Å². The molecule has 0 fully saturated rings. The second kappa shape index (κ2) is 5.64. The first kappa shape index (κ1) is 15.8. The third-order valence-electron chi connectivity index (χ3n) is 3.72. The van der Waals surface area contributed by atoms with Crippen molar-refractivity contribution in [3.63, 3.8) is 0 Å². The fourth-order valence-corrected chi connectivity index (χ4v) is 2.85. The lowest BCUT2D eigenvalue weighted by molar-refractivity contribution is -0.129. The van der Waals surface area contributed by atoms with Gasteiger partial charge in [0.05, 0.1) is 0 Å². The summed E-state index contributed by atoms with van der Waals surface area (Å²) in [5.41, 5.74) is 3.00. The first-order valence-electron chi connectivity index (χ1n) is 7.59. The summed E-state index contributed by atoms with van der Waals surface area (Å²) in [5, 5.41) is 3.61. The lowest BCUT2D eigenvalue weighted by Crippen LogP contribution is -2.54. The Kier molecular flexibility index (Phi) is 4.24. The third-order valence-corrected chi connectivity index (χ3v) is 3.72. The molecule has 1 atom stereocenters. The molecule has 21 heavy (non-hydrogen) atoms. The molecule has 0 aromatic heterocycles. The number of nitrogens with one attached hydrogen (secondary N) is 1. The summed E-state index contributed by atoms with van der Waals surface area (Å²) >= 11 is 0. The molecule has 0 radical (unpaired) electrons. The molecule has 114 valence electrons. The second-order valence-corrected chi connectivity index (χ2v) is 7.01. The molecule has 0 spiro atoms. The Hall–Kier alpha value is -1.61. The molecule has 1 aliphatic rings. The van der Waals surface area contributed by atoms with Crippen LogP contribution in [0.25, 0.3) is 5.57 Å². The van der Waals surface area contributed by atoms with Crippen LogP contribution in [-0.2, 0) is 4.79 Å². The van der Waals surface area contributed by atoms with Crippen molar-refractivity contribution >= 4 is 11.5 Å². The molecule has 0 bridgehead atoms.